The van der Waals surface area contributed by atoms with Crippen LogP contribution in [-0.4, -0.2) is 10.8 Å². The maximum atomic E-state index is 10.5. The molecule has 0 saturated heterocycles. The van der Waals surface area contributed by atoms with Crippen LogP contribution in [0.15, 0.2) is 74.6 Å². The molecular weight excluding hydrogens is 539 g/mol. The summed E-state index contributed by atoms with van der Waals surface area (Å²) in [5.41, 5.74) is 3.60. The van der Waals surface area contributed by atoms with Gasteiger partial charge in [-0.25, -0.2) is 0 Å². The fraction of sp³-hybridized carbons (Fsp3) is 0.136. The lowest BCUT2D eigenvalue weighted by atomic mass is 9.93. The van der Waals surface area contributed by atoms with Crippen LogP contribution in [0.5, 0.6) is 5.75 Å². The lowest BCUT2D eigenvalue weighted by Crippen LogP contribution is -2.33. The van der Waals surface area contributed by atoms with Crippen LogP contribution in [0.2, 0.25) is 10.0 Å². The Bertz CT molecular complexity index is 1100. The first kappa shape index (κ1) is 20.9. The predicted molar refractivity (Wildman–Crippen MR) is 126 cm³/mol. The molecule has 1 aliphatic heterocycles. The maximum absolute atomic E-state index is 10.5. The molecule has 0 saturated carbocycles. The minimum atomic E-state index is -0.370. The number of halogens is 4. The van der Waals surface area contributed by atoms with Crippen molar-refractivity contribution in [2.24, 2.45) is 4.99 Å². The van der Waals surface area contributed by atoms with Crippen LogP contribution in [0.4, 0.5) is 0 Å². The van der Waals surface area contributed by atoms with Gasteiger partial charge in [0.15, 0.2) is 0 Å². The summed E-state index contributed by atoms with van der Waals surface area (Å²) in [5.74, 6) is 0.238. The third-order valence-corrected chi connectivity index (χ3v) is 6.37. The van der Waals surface area contributed by atoms with Gasteiger partial charge in [0.1, 0.15) is 11.9 Å². The van der Waals surface area contributed by atoms with Crippen molar-refractivity contribution in [3.8, 4) is 5.75 Å². The van der Waals surface area contributed by atoms with Gasteiger partial charge in [-0.1, -0.05) is 73.3 Å². The molecule has 7 heteroatoms. The second kappa shape index (κ2) is 8.78. The van der Waals surface area contributed by atoms with E-state index in [1.807, 2.05) is 42.5 Å². The van der Waals surface area contributed by atoms with E-state index < -0.39 is 0 Å². The highest BCUT2D eigenvalue weighted by atomic mass is 79.9. The molecule has 29 heavy (non-hydrogen) atoms. The lowest BCUT2D eigenvalue weighted by molar-refractivity contribution is 0.412. The zero-order valence-corrected chi connectivity index (χ0v) is 19.7. The van der Waals surface area contributed by atoms with Gasteiger partial charge >= 0.3 is 0 Å². The van der Waals surface area contributed by atoms with E-state index in [0.717, 1.165) is 31.3 Å². The standard InChI is InChI=1S/C22H16Br2Cl2N2O/c23-13-3-1-2-12(8-13)19-11-20(17-9-14(24)4-7-21(17)29)28-22(27-19)16-6-5-15(25)10-18(16)26/h1-10,20,22,28-29H,11H2/t20-,22-/m1/s1. The molecule has 0 bridgehead atoms. The van der Waals surface area contributed by atoms with Crippen molar-refractivity contribution in [3.63, 3.8) is 0 Å². The van der Waals surface area contributed by atoms with E-state index in [1.165, 1.54) is 0 Å². The van der Waals surface area contributed by atoms with Crippen molar-refractivity contribution in [2.45, 2.75) is 18.6 Å². The first-order chi connectivity index (χ1) is 13.9. The van der Waals surface area contributed by atoms with Crippen molar-refractivity contribution < 1.29 is 5.11 Å². The van der Waals surface area contributed by atoms with E-state index in [0.29, 0.717) is 16.5 Å². The van der Waals surface area contributed by atoms with Crippen LogP contribution in [-0.2, 0) is 0 Å². The number of hydrogen-bond donors (Lipinski definition) is 2. The molecule has 3 nitrogen and oxygen atoms in total. The SMILES string of the molecule is Oc1ccc(Br)cc1[C@H]1CC(c2cccc(Br)c2)=N[C@@H](c2ccc(Cl)cc2Cl)N1. The van der Waals surface area contributed by atoms with Crippen molar-refractivity contribution >= 4 is 60.8 Å². The Balaban J connectivity index is 1.81. The highest BCUT2D eigenvalue weighted by Gasteiger charge is 2.29. The fourth-order valence-corrected chi connectivity index (χ4v) is 4.73. The highest BCUT2D eigenvalue weighted by Crippen LogP contribution is 2.37. The van der Waals surface area contributed by atoms with Crippen molar-refractivity contribution in [2.75, 3.05) is 0 Å². The minimum absolute atomic E-state index is 0.143. The van der Waals surface area contributed by atoms with Gasteiger partial charge in [0.2, 0.25) is 0 Å². The van der Waals surface area contributed by atoms with Gasteiger partial charge in [-0.15, -0.1) is 0 Å². The molecule has 0 fully saturated rings. The molecule has 0 aromatic heterocycles. The fourth-order valence-electron chi connectivity index (χ4n) is 3.44. The number of benzene rings is 3. The lowest BCUT2D eigenvalue weighted by Gasteiger charge is -2.31. The van der Waals surface area contributed by atoms with Crippen molar-refractivity contribution in [1.29, 1.82) is 0 Å². The largest absolute Gasteiger partial charge is 0.508 e. The molecule has 3 aromatic rings. The Morgan fingerprint density at radius 1 is 0.931 bits per heavy atom. The van der Waals surface area contributed by atoms with Gasteiger partial charge in [-0.3, -0.25) is 10.3 Å². The molecule has 3 aromatic carbocycles. The van der Waals surface area contributed by atoms with Crippen LogP contribution < -0.4 is 5.32 Å². The Kier molecular flexibility index (Phi) is 6.32. The number of phenols is 1. The number of aromatic hydroxyl groups is 1. The van der Waals surface area contributed by atoms with Crippen molar-refractivity contribution in [3.05, 3.63) is 96.3 Å². The molecule has 0 radical (unpaired) electrons. The summed E-state index contributed by atoms with van der Waals surface area (Å²) in [7, 11) is 0. The molecule has 0 spiro atoms. The summed E-state index contributed by atoms with van der Waals surface area (Å²) >= 11 is 19.6. The normalized spacial score (nSPS) is 19.1. The van der Waals surface area contributed by atoms with Gasteiger partial charge in [0.05, 0.1) is 0 Å². The van der Waals surface area contributed by atoms with E-state index in [9.17, 15) is 5.11 Å². The number of aliphatic imine (C=N–C) groups is 1. The number of nitrogens with one attached hydrogen (secondary N) is 1. The molecular formula is C22H16Br2Cl2N2O. The molecule has 148 valence electrons. The molecule has 2 N–H and O–H groups in total. The highest BCUT2D eigenvalue weighted by molar-refractivity contribution is 9.10. The van der Waals surface area contributed by atoms with Gasteiger partial charge in [0, 0.05) is 48.3 Å². The van der Waals surface area contributed by atoms with Crippen LogP contribution in [0, 0.1) is 0 Å². The topological polar surface area (TPSA) is 44.6 Å². The molecule has 0 aliphatic carbocycles. The maximum Gasteiger partial charge on any atom is 0.127 e. The third kappa shape index (κ3) is 4.70. The third-order valence-electron chi connectivity index (χ3n) is 4.82. The summed E-state index contributed by atoms with van der Waals surface area (Å²) in [4.78, 5) is 4.95. The second-order valence-electron chi connectivity index (χ2n) is 6.78. The average molecular weight is 555 g/mol. The first-order valence-corrected chi connectivity index (χ1v) is 11.3. The van der Waals surface area contributed by atoms with Gasteiger partial charge in [-0.2, -0.15) is 0 Å². The van der Waals surface area contributed by atoms with Crippen LogP contribution in [0.1, 0.15) is 35.3 Å². The smallest absolute Gasteiger partial charge is 0.127 e. The summed E-state index contributed by atoms with van der Waals surface area (Å²) in [5, 5.41) is 15.1. The number of nitrogens with zero attached hydrogens (tertiary/aromatic N) is 1. The molecule has 0 unspecified atom stereocenters. The number of rotatable bonds is 3. The molecule has 4 rings (SSSR count). The van der Waals surface area contributed by atoms with Gasteiger partial charge in [-0.05, 0) is 48.0 Å². The summed E-state index contributed by atoms with van der Waals surface area (Å²) in [6.07, 6.45) is 0.258. The summed E-state index contributed by atoms with van der Waals surface area (Å²) < 4.78 is 1.89. The van der Waals surface area contributed by atoms with E-state index in [4.69, 9.17) is 28.2 Å². The van der Waals surface area contributed by atoms with E-state index in [-0.39, 0.29) is 18.0 Å². The second-order valence-corrected chi connectivity index (χ2v) is 9.46. The summed E-state index contributed by atoms with van der Waals surface area (Å²) in [6, 6.07) is 18.7. The van der Waals surface area contributed by atoms with Crippen LogP contribution in [0.25, 0.3) is 0 Å². The van der Waals surface area contributed by atoms with Gasteiger partial charge < -0.3 is 5.11 Å². The Labute approximate surface area is 196 Å². The zero-order chi connectivity index (χ0) is 20.5. The zero-order valence-electron chi connectivity index (χ0n) is 15.0. The Hall–Kier alpha value is -1.37. The number of hydrogen-bond acceptors (Lipinski definition) is 3. The van der Waals surface area contributed by atoms with E-state index >= 15 is 0 Å². The van der Waals surface area contributed by atoms with Crippen LogP contribution >= 0.6 is 55.1 Å². The van der Waals surface area contributed by atoms with E-state index in [1.54, 1.807) is 18.2 Å². The van der Waals surface area contributed by atoms with Crippen LogP contribution in [0.3, 0.4) is 0 Å². The molecule has 1 heterocycles. The van der Waals surface area contributed by atoms with Crippen molar-refractivity contribution in [1.82, 2.24) is 5.32 Å². The van der Waals surface area contributed by atoms with Gasteiger partial charge in [0.25, 0.3) is 0 Å². The monoisotopic (exact) mass is 552 g/mol. The minimum Gasteiger partial charge on any atom is -0.508 e. The molecule has 2 atom stereocenters. The molecule has 0 amide bonds. The Morgan fingerprint density at radius 2 is 1.72 bits per heavy atom. The quantitative estimate of drug-likeness (QED) is 0.353. The first-order valence-electron chi connectivity index (χ1n) is 8.93. The average Bonchev–Trinajstić information content (AvgIpc) is 2.69. The predicted octanol–water partition coefficient (Wildman–Crippen LogP) is 7.45. The number of phenolic OH excluding ortho intramolecular Hbond substituents is 1. The van der Waals surface area contributed by atoms with E-state index in [2.05, 4.69) is 37.2 Å². The molecule has 1 aliphatic rings. The Morgan fingerprint density at radius 3 is 2.48 bits per heavy atom. The summed E-state index contributed by atoms with van der Waals surface area (Å²) in [6.45, 7) is 0.